The van der Waals surface area contributed by atoms with Crippen molar-refractivity contribution in [2.24, 2.45) is 0 Å². The number of amides is 1. The van der Waals surface area contributed by atoms with Crippen LogP contribution in [0, 0.1) is 10.1 Å². The quantitative estimate of drug-likeness (QED) is 0.125. The van der Waals surface area contributed by atoms with Gasteiger partial charge in [-0.15, -0.1) is 0 Å². The number of carbonyl (C=O) groups is 2. The van der Waals surface area contributed by atoms with Gasteiger partial charge in [-0.25, -0.2) is 0 Å². The average molecular weight is 498 g/mol. The molecule has 186 valence electrons. The molecule has 1 aliphatic rings. The van der Waals surface area contributed by atoms with Crippen molar-refractivity contribution in [1.82, 2.24) is 9.88 Å². The van der Waals surface area contributed by atoms with Gasteiger partial charge in [-0.05, 0) is 35.7 Å². The molecule has 1 amide bonds. The topological polar surface area (TPSA) is 126 Å². The van der Waals surface area contributed by atoms with Gasteiger partial charge in [0.05, 0.1) is 23.6 Å². The fraction of sp³-hybridized carbons (Fsp3) is 0.143. The molecule has 1 saturated heterocycles. The molecule has 1 aliphatic heterocycles. The van der Waals surface area contributed by atoms with E-state index < -0.39 is 22.7 Å². The van der Waals surface area contributed by atoms with Crippen LogP contribution in [0.4, 0.5) is 5.69 Å². The fourth-order valence-electron chi connectivity index (χ4n) is 4.75. The summed E-state index contributed by atoms with van der Waals surface area (Å²) in [5.74, 6) is -1.24. The molecule has 2 N–H and O–H groups in total. The number of rotatable bonds is 7. The summed E-state index contributed by atoms with van der Waals surface area (Å²) < 4.78 is 5.33. The summed E-state index contributed by atoms with van der Waals surface area (Å²) in [7, 11) is 1.58. The Labute approximate surface area is 211 Å². The van der Waals surface area contributed by atoms with Crippen LogP contribution in [0.15, 0.2) is 84.6 Å². The van der Waals surface area contributed by atoms with Crippen LogP contribution in [-0.2, 0) is 16.0 Å². The zero-order valence-electron chi connectivity index (χ0n) is 19.9. The van der Waals surface area contributed by atoms with Crippen LogP contribution in [0.2, 0.25) is 0 Å². The van der Waals surface area contributed by atoms with E-state index in [2.05, 4.69) is 4.98 Å². The minimum atomic E-state index is -0.986. The third-order valence-corrected chi connectivity index (χ3v) is 6.58. The van der Waals surface area contributed by atoms with Gasteiger partial charge >= 0.3 is 0 Å². The van der Waals surface area contributed by atoms with E-state index in [1.165, 1.54) is 23.1 Å². The minimum Gasteiger partial charge on any atom is -0.507 e. The number of non-ortho nitro benzene ring substituents is 1. The predicted molar refractivity (Wildman–Crippen MR) is 137 cm³/mol. The highest BCUT2D eigenvalue weighted by Gasteiger charge is 2.46. The predicted octanol–water partition coefficient (Wildman–Crippen LogP) is 4.75. The van der Waals surface area contributed by atoms with Crippen LogP contribution in [0.3, 0.4) is 0 Å². The zero-order valence-corrected chi connectivity index (χ0v) is 19.9. The summed E-state index contributed by atoms with van der Waals surface area (Å²) in [5.41, 5.74) is 2.28. The van der Waals surface area contributed by atoms with Gasteiger partial charge in [-0.3, -0.25) is 19.7 Å². The molecule has 9 nitrogen and oxygen atoms in total. The van der Waals surface area contributed by atoms with Gasteiger partial charge < -0.3 is 19.7 Å². The summed E-state index contributed by atoms with van der Waals surface area (Å²) in [6, 6.07) is 18.9. The molecule has 0 unspecified atom stereocenters. The maximum Gasteiger partial charge on any atom is 0.295 e. The van der Waals surface area contributed by atoms with Crippen LogP contribution in [0.5, 0.6) is 5.75 Å². The number of nitro benzene ring substituents is 1. The number of aliphatic hydroxyl groups is 1. The third-order valence-electron chi connectivity index (χ3n) is 6.58. The van der Waals surface area contributed by atoms with Crippen molar-refractivity contribution in [3.8, 4) is 5.75 Å². The number of likely N-dealkylation sites (tertiary alicyclic amines) is 1. The SMILES string of the molecule is COc1ccc2[nH]cc(CCN3C(=O)C(=O)C(=C(O)c4ccccc4)[C@H]3c3cccc([N+](=O)[O-])c3)c2c1. The molecule has 0 spiro atoms. The van der Waals surface area contributed by atoms with Gasteiger partial charge in [0, 0.05) is 41.3 Å². The number of nitrogens with one attached hydrogen (secondary N) is 1. The molecule has 1 fully saturated rings. The van der Waals surface area contributed by atoms with Gasteiger partial charge in [0.2, 0.25) is 0 Å². The van der Waals surface area contributed by atoms with Crippen LogP contribution in [0.25, 0.3) is 16.7 Å². The van der Waals surface area contributed by atoms with Crippen LogP contribution in [0.1, 0.15) is 22.7 Å². The smallest absolute Gasteiger partial charge is 0.295 e. The van der Waals surface area contributed by atoms with Crippen LogP contribution < -0.4 is 4.74 Å². The van der Waals surface area contributed by atoms with E-state index in [-0.39, 0.29) is 23.6 Å². The molecule has 37 heavy (non-hydrogen) atoms. The zero-order chi connectivity index (χ0) is 26.1. The summed E-state index contributed by atoms with van der Waals surface area (Å²) >= 11 is 0. The Morgan fingerprint density at radius 3 is 2.59 bits per heavy atom. The number of methoxy groups -OCH3 is 1. The highest BCUT2D eigenvalue weighted by atomic mass is 16.6. The lowest BCUT2D eigenvalue weighted by atomic mass is 9.95. The molecular formula is C28H23N3O6. The van der Waals surface area contributed by atoms with Crippen molar-refractivity contribution >= 4 is 34.0 Å². The Kier molecular flexibility index (Phi) is 6.19. The molecule has 0 bridgehead atoms. The first-order chi connectivity index (χ1) is 17.9. The van der Waals surface area contributed by atoms with E-state index >= 15 is 0 Å². The Balaban J connectivity index is 1.58. The summed E-state index contributed by atoms with van der Waals surface area (Å²) in [6.07, 6.45) is 2.24. The maximum atomic E-state index is 13.2. The number of aromatic amines is 1. The molecule has 2 heterocycles. The number of aromatic nitrogens is 1. The number of nitro groups is 1. The lowest BCUT2D eigenvalue weighted by Crippen LogP contribution is -2.31. The summed E-state index contributed by atoms with van der Waals surface area (Å²) in [6.45, 7) is 0.146. The lowest BCUT2D eigenvalue weighted by molar-refractivity contribution is -0.384. The van der Waals surface area contributed by atoms with E-state index in [0.717, 1.165) is 16.5 Å². The number of H-pyrrole nitrogens is 1. The highest BCUT2D eigenvalue weighted by Crippen LogP contribution is 2.40. The van der Waals surface area contributed by atoms with Gasteiger partial charge in [0.15, 0.2) is 0 Å². The van der Waals surface area contributed by atoms with E-state index in [1.807, 2.05) is 24.4 Å². The van der Waals surface area contributed by atoms with E-state index in [9.17, 15) is 24.8 Å². The normalized spacial score (nSPS) is 16.9. The van der Waals surface area contributed by atoms with Crippen molar-refractivity contribution in [2.75, 3.05) is 13.7 Å². The summed E-state index contributed by atoms with van der Waals surface area (Å²) in [5, 5.41) is 23.5. The first-order valence-corrected chi connectivity index (χ1v) is 11.6. The number of ketones is 1. The van der Waals surface area contributed by atoms with E-state index in [0.29, 0.717) is 23.3 Å². The Hall–Kier alpha value is -4.92. The van der Waals surface area contributed by atoms with Crippen LogP contribution >= 0.6 is 0 Å². The molecule has 4 aromatic rings. The second kappa shape index (κ2) is 9.62. The van der Waals surface area contributed by atoms with Crippen molar-refractivity contribution in [3.05, 3.63) is 111 Å². The monoisotopic (exact) mass is 497 g/mol. The van der Waals surface area contributed by atoms with Crippen molar-refractivity contribution in [3.63, 3.8) is 0 Å². The Morgan fingerprint density at radius 2 is 1.86 bits per heavy atom. The Morgan fingerprint density at radius 1 is 1.08 bits per heavy atom. The summed E-state index contributed by atoms with van der Waals surface area (Å²) in [4.78, 5) is 42.0. The van der Waals surface area contributed by atoms with Gasteiger partial charge in [-0.2, -0.15) is 0 Å². The molecule has 0 aliphatic carbocycles. The van der Waals surface area contributed by atoms with E-state index in [4.69, 9.17) is 4.74 Å². The number of carbonyl (C=O) groups excluding carboxylic acids is 2. The second-order valence-electron chi connectivity index (χ2n) is 8.69. The molecule has 9 heteroatoms. The first kappa shape index (κ1) is 23.8. The lowest BCUT2D eigenvalue weighted by Gasteiger charge is -2.25. The number of hydrogen-bond acceptors (Lipinski definition) is 6. The number of nitrogens with zero attached hydrogens (tertiary/aromatic N) is 2. The second-order valence-corrected chi connectivity index (χ2v) is 8.69. The number of ether oxygens (including phenoxy) is 1. The number of fused-ring (bicyclic) bond motifs is 1. The average Bonchev–Trinajstić information content (AvgIpc) is 3.44. The largest absolute Gasteiger partial charge is 0.507 e. The van der Waals surface area contributed by atoms with Gasteiger partial charge in [-0.1, -0.05) is 42.5 Å². The van der Waals surface area contributed by atoms with Gasteiger partial charge in [0.25, 0.3) is 17.4 Å². The standard InChI is InChI=1S/C28H23N3O6/c1-37-21-10-11-23-22(15-21)19(16-29-23)12-13-30-25(18-8-5-9-20(14-18)31(35)36)24(27(33)28(30)34)26(32)17-6-3-2-4-7-17/h2-11,14-16,25,29,32H,12-13H2,1H3/t25-/m1/s1. The minimum absolute atomic E-state index is 0.0997. The highest BCUT2D eigenvalue weighted by molar-refractivity contribution is 6.46. The molecule has 3 aromatic carbocycles. The number of aliphatic hydroxyl groups excluding tert-OH is 1. The van der Waals surface area contributed by atoms with E-state index in [1.54, 1.807) is 43.5 Å². The van der Waals surface area contributed by atoms with Crippen molar-refractivity contribution in [2.45, 2.75) is 12.5 Å². The first-order valence-electron chi connectivity index (χ1n) is 11.6. The molecule has 1 aromatic heterocycles. The molecular weight excluding hydrogens is 474 g/mol. The van der Waals surface area contributed by atoms with Crippen molar-refractivity contribution < 1.29 is 24.4 Å². The molecule has 5 rings (SSSR count). The Bertz CT molecular complexity index is 1560. The maximum absolute atomic E-state index is 13.2. The number of hydrogen-bond donors (Lipinski definition) is 2. The van der Waals surface area contributed by atoms with Crippen molar-refractivity contribution in [1.29, 1.82) is 0 Å². The van der Waals surface area contributed by atoms with Crippen LogP contribution in [-0.4, -0.2) is 45.3 Å². The van der Waals surface area contributed by atoms with Gasteiger partial charge in [0.1, 0.15) is 11.5 Å². The molecule has 0 saturated carbocycles. The third kappa shape index (κ3) is 4.31. The molecule has 1 atom stereocenters. The fourth-order valence-corrected chi connectivity index (χ4v) is 4.75. The number of benzene rings is 3. The molecule has 0 radical (unpaired) electrons. The number of Topliss-reactive ketones (excluding diaryl/α,β-unsaturated/α-hetero) is 1.